The average Bonchev–Trinajstić information content (AvgIpc) is 2.72. The molecule has 3 rings (SSSR count). The second-order valence-electron chi connectivity index (χ2n) is 8.08. The van der Waals surface area contributed by atoms with Crippen LogP contribution in [-0.2, 0) is 16.2 Å². The van der Waals surface area contributed by atoms with Gasteiger partial charge >= 0.3 is 6.18 Å². The van der Waals surface area contributed by atoms with Crippen LogP contribution >= 0.6 is 0 Å². The minimum Gasteiger partial charge on any atom is -0.207 e. The normalized spacial score (nSPS) is 13.7. The van der Waals surface area contributed by atoms with Gasteiger partial charge in [-0.1, -0.05) is 84.5 Å². The Hall–Kier alpha value is -2.42. The Morgan fingerprint density at radius 1 is 0.871 bits per heavy atom. The predicted molar refractivity (Wildman–Crippen MR) is 119 cm³/mol. The van der Waals surface area contributed by atoms with Crippen LogP contribution < -0.4 is 9.91 Å². The molecule has 0 saturated heterocycles. The molecule has 0 bridgehead atoms. The van der Waals surface area contributed by atoms with Gasteiger partial charge < -0.3 is 0 Å². The largest absolute Gasteiger partial charge is 0.416 e. The summed E-state index contributed by atoms with van der Waals surface area (Å²) in [5.41, 5.74) is -0.399. The quantitative estimate of drug-likeness (QED) is 0.512. The van der Waals surface area contributed by atoms with Crippen LogP contribution in [0, 0.1) is 6.92 Å². The highest BCUT2D eigenvalue weighted by atomic mass is 32.2. The maximum atomic E-state index is 13.4. The Morgan fingerprint density at radius 3 is 2.06 bits per heavy atom. The number of nitrogens with one attached hydrogen (secondary N) is 1. The first-order valence-corrected chi connectivity index (χ1v) is 14.3. The molecular formula is C23H24F3NO2SSi. The molecule has 0 spiro atoms. The Kier molecular flexibility index (Phi) is 6.45. The summed E-state index contributed by atoms with van der Waals surface area (Å²) in [5, 5.41) is 0.934. The third-order valence-electron chi connectivity index (χ3n) is 5.39. The molecule has 3 nitrogen and oxygen atoms in total. The zero-order chi connectivity index (χ0) is 22.9. The van der Waals surface area contributed by atoms with E-state index in [4.69, 9.17) is 0 Å². The standard InChI is InChI=1S/C23H24F3NO2SSi/c1-17-12-14-20(15-13-17)30(28,29)27-22(31(2,3)21-10-5-4-6-11-21)18-8-7-9-19(16-18)23(24,25)26/h4-16,22,27H,1-3H3/t22-/m1/s1. The lowest BCUT2D eigenvalue weighted by Gasteiger charge is -2.34. The molecule has 31 heavy (non-hydrogen) atoms. The average molecular weight is 464 g/mol. The lowest BCUT2D eigenvalue weighted by atomic mass is 10.1. The van der Waals surface area contributed by atoms with Crippen LogP contribution in [0.2, 0.25) is 13.1 Å². The smallest absolute Gasteiger partial charge is 0.207 e. The van der Waals surface area contributed by atoms with Crippen molar-refractivity contribution in [2.75, 3.05) is 0 Å². The Labute approximate surface area is 182 Å². The van der Waals surface area contributed by atoms with Crippen molar-refractivity contribution < 1.29 is 21.6 Å². The molecule has 3 aromatic carbocycles. The maximum Gasteiger partial charge on any atom is 0.416 e. The molecule has 0 fully saturated rings. The number of hydrogen-bond donors (Lipinski definition) is 1. The van der Waals surface area contributed by atoms with E-state index >= 15 is 0 Å². The number of aryl methyl sites for hydroxylation is 1. The molecule has 0 aliphatic rings. The van der Waals surface area contributed by atoms with Crippen molar-refractivity contribution in [3.05, 3.63) is 95.6 Å². The van der Waals surface area contributed by atoms with Crippen molar-refractivity contribution in [2.24, 2.45) is 0 Å². The zero-order valence-corrected chi connectivity index (χ0v) is 19.3. The van der Waals surface area contributed by atoms with E-state index in [0.717, 1.165) is 22.9 Å². The second kappa shape index (κ2) is 8.61. The highest BCUT2D eigenvalue weighted by Crippen LogP contribution is 2.33. The van der Waals surface area contributed by atoms with E-state index in [9.17, 15) is 21.6 Å². The zero-order valence-electron chi connectivity index (χ0n) is 17.4. The van der Waals surface area contributed by atoms with E-state index < -0.39 is 35.5 Å². The van der Waals surface area contributed by atoms with Gasteiger partial charge in [-0.25, -0.2) is 13.1 Å². The molecule has 0 amide bonds. The predicted octanol–water partition coefficient (Wildman–Crippen LogP) is 5.19. The molecule has 1 atom stereocenters. The lowest BCUT2D eigenvalue weighted by Crippen LogP contribution is -2.54. The van der Waals surface area contributed by atoms with Gasteiger partial charge in [-0.15, -0.1) is 0 Å². The molecular weight excluding hydrogens is 439 g/mol. The molecule has 0 aliphatic carbocycles. The highest BCUT2D eigenvalue weighted by molar-refractivity contribution is 7.89. The molecule has 0 aromatic heterocycles. The Morgan fingerprint density at radius 2 is 1.48 bits per heavy atom. The fraction of sp³-hybridized carbons (Fsp3) is 0.217. The summed E-state index contributed by atoms with van der Waals surface area (Å²) in [6.45, 7) is 5.75. The van der Waals surface area contributed by atoms with E-state index in [2.05, 4.69) is 4.72 Å². The number of benzene rings is 3. The monoisotopic (exact) mass is 463 g/mol. The van der Waals surface area contributed by atoms with Gasteiger partial charge in [0.15, 0.2) is 0 Å². The van der Waals surface area contributed by atoms with Crippen molar-refractivity contribution >= 4 is 23.3 Å². The number of hydrogen-bond acceptors (Lipinski definition) is 2. The number of halogens is 3. The number of alkyl halides is 3. The molecule has 1 N–H and O–H groups in total. The van der Waals surface area contributed by atoms with Gasteiger partial charge in [0.2, 0.25) is 10.0 Å². The Bertz CT molecular complexity index is 1150. The summed E-state index contributed by atoms with van der Waals surface area (Å²) in [7, 11) is -6.60. The van der Waals surface area contributed by atoms with Crippen molar-refractivity contribution in [3.63, 3.8) is 0 Å². The first kappa shape index (κ1) is 23.2. The topological polar surface area (TPSA) is 46.2 Å². The van der Waals surface area contributed by atoms with E-state index in [1.54, 1.807) is 18.2 Å². The van der Waals surface area contributed by atoms with E-state index in [0.29, 0.717) is 5.56 Å². The maximum absolute atomic E-state index is 13.4. The summed E-state index contributed by atoms with van der Waals surface area (Å²) in [6.07, 6.45) is -4.52. The van der Waals surface area contributed by atoms with Crippen LogP contribution in [0.15, 0.2) is 83.8 Å². The van der Waals surface area contributed by atoms with Crippen LogP contribution in [-0.4, -0.2) is 16.5 Å². The minimum absolute atomic E-state index is 0.0768. The first-order chi connectivity index (χ1) is 14.4. The van der Waals surface area contributed by atoms with E-state index in [1.165, 1.54) is 18.2 Å². The van der Waals surface area contributed by atoms with E-state index in [-0.39, 0.29) is 4.90 Å². The van der Waals surface area contributed by atoms with Crippen molar-refractivity contribution in [3.8, 4) is 0 Å². The molecule has 3 aromatic rings. The third kappa shape index (κ3) is 5.26. The number of sulfonamides is 1. The molecule has 164 valence electrons. The summed E-state index contributed by atoms with van der Waals surface area (Å²) in [4.78, 5) is 0.0768. The van der Waals surface area contributed by atoms with Crippen molar-refractivity contribution in [1.29, 1.82) is 0 Å². The van der Waals surface area contributed by atoms with Gasteiger partial charge in [-0.05, 0) is 30.7 Å². The SMILES string of the molecule is Cc1ccc(S(=O)(=O)N[C@@H](c2cccc(C(F)(F)F)c2)[Si](C)(C)c2ccccc2)cc1. The van der Waals surface area contributed by atoms with Gasteiger partial charge in [-0.2, -0.15) is 13.2 Å². The summed E-state index contributed by atoms with van der Waals surface area (Å²) >= 11 is 0. The van der Waals surface area contributed by atoms with Crippen LogP contribution in [0.5, 0.6) is 0 Å². The summed E-state index contributed by atoms with van der Waals surface area (Å²) < 4.78 is 69.2. The van der Waals surface area contributed by atoms with Gasteiger partial charge in [0.1, 0.15) is 8.07 Å². The van der Waals surface area contributed by atoms with Crippen LogP contribution in [0.3, 0.4) is 0 Å². The summed E-state index contributed by atoms with van der Waals surface area (Å²) in [5.74, 6) is 0. The van der Waals surface area contributed by atoms with Gasteiger partial charge in [-0.3, -0.25) is 0 Å². The Balaban J connectivity index is 2.12. The van der Waals surface area contributed by atoms with Crippen LogP contribution in [0.1, 0.15) is 22.4 Å². The second-order valence-corrected chi connectivity index (χ2v) is 14.4. The van der Waals surface area contributed by atoms with Crippen LogP contribution in [0.4, 0.5) is 13.2 Å². The highest BCUT2D eigenvalue weighted by Gasteiger charge is 2.39. The molecule has 0 heterocycles. The third-order valence-corrected chi connectivity index (χ3v) is 10.8. The molecule has 0 aliphatic heterocycles. The fourth-order valence-electron chi connectivity index (χ4n) is 3.50. The lowest BCUT2D eigenvalue weighted by molar-refractivity contribution is -0.137. The summed E-state index contributed by atoms with van der Waals surface area (Å²) in [6, 6.07) is 20.6. The van der Waals surface area contributed by atoms with Crippen molar-refractivity contribution in [2.45, 2.75) is 36.8 Å². The number of rotatable bonds is 6. The molecule has 0 unspecified atom stereocenters. The van der Waals surface area contributed by atoms with Gasteiger partial charge in [0.25, 0.3) is 0 Å². The van der Waals surface area contributed by atoms with E-state index in [1.807, 2.05) is 50.3 Å². The molecule has 8 heteroatoms. The van der Waals surface area contributed by atoms with Gasteiger partial charge in [0, 0.05) is 5.67 Å². The fourth-order valence-corrected chi connectivity index (χ4v) is 8.62. The molecule has 0 saturated carbocycles. The molecule has 0 radical (unpaired) electrons. The van der Waals surface area contributed by atoms with Gasteiger partial charge in [0.05, 0.1) is 10.5 Å². The van der Waals surface area contributed by atoms with Crippen LogP contribution in [0.25, 0.3) is 0 Å². The van der Waals surface area contributed by atoms with Crippen molar-refractivity contribution in [1.82, 2.24) is 4.72 Å². The first-order valence-electron chi connectivity index (χ1n) is 9.73. The minimum atomic E-state index is -4.52.